The van der Waals surface area contributed by atoms with Gasteiger partial charge < -0.3 is 5.11 Å². The maximum absolute atomic E-state index is 12.7. The number of anilines is 1. The van der Waals surface area contributed by atoms with Crippen LogP contribution in [-0.2, 0) is 9.59 Å². The molecule has 1 aromatic carbocycles. The Labute approximate surface area is 150 Å². The summed E-state index contributed by atoms with van der Waals surface area (Å²) >= 11 is 6.06. The Hall–Kier alpha value is -2.66. The molecule has 0 spiro atoms. The number of halogens is 1. The van der Waals surface area contributed by atoms with Gasteiger partial charge in [0, 0.05) is 29.0 Å². The molecule has 0 bridgehead atoms. The molecule has 1 aliphatic heterocycles. The number of Topliss-reactive ketones (excluding diaryl/α,β-unsaturated/α-hetero) is 1. The van der Waals surface area contributed by atoms with Crippen molar-refractivity contribution in [2.24, 2.45) is 5.92 Å². The van der Waals surface area contributed by atoms with E-state index in [-0.39, 0.29) is 17.3 Å². The Morgan fingerprint density at radius 1 is 1.24 bits per heavy atom. The highest BCUT2D eigenvalue weighted by molar-refractivity contribution is 6.31. The topological polar surface area (TPSA) is 70.5 Å². The lowest BCUT2D eigenvalue weighted by atomic mass is 9.91. The molecule has 1 amide bonds. The van der Waals surface area contributed by atoms with E-state index in [9.17, 15) is 14.7 Å². The average Bonchev–Trinajstić information content (AvgIpc) is 2.86. The molecule has 1 aliphatic rings. The minimum atomic E-state index is -0.719. The van der Waals surface area contributed by atoms with Crippen molar-refractivity contribution in [2.45, 2.75) is 19.9 Å². The van der Waals surface area contributed by atoms with E-state index < -0.39 is 17.7 Å². The van der Waals surface area contributed by atoms with Gasteiger partial charge in [-0.1, -0.05) is 31.5 Å². The van der Waals surface area contributed by atoms with E-state index in [1.54, 1.807) is 62.6 Å². The van der Waals surface area contributed by atoms with Gasteiger partial charge >= 0.3 is 0 Å². The van der Waals surface area contributed by atoms with Crippen molar-refractivity contribution in [3.63, 3.8) is 0 Å². The highest BCUT2D eigenvalue weighted by atomic mass is 35.5. The Morgan fingerprint density at radius 2 is 1.92 bits per heavy atom. The predicted molar refractivity (Wildman–Crippen MR) is 95.4 cm³/mol. The molecule has 0 fully saturated rings. The zero-order chi connectivity index (χ0) is 18.1. The maximum Gasteiger partial charge on any atom is 0.294 e. The number of carbonyl (C=O) groups is 2. The Kier molecular flexibility index (Phi) is 4.59. The van der Waals surface area contributed by atoms with E-state index in [0.717, 1.165) is 0 Å². The zero-order valence-electron chi connectivity index (χ0n) is 13.8. The number of amides is 1. The van der Waals surface area contributed by atoms with Crippen molar-refractivity contribution in [2.75, 3.05) is 4.90 Å². The van der Waals surface area contributed by atoms with E-state index in [0.29, 0.717) is 16.3 Å². The van der Waals surface area contributed by atoms with Gasteiger partial charge in [0.2, 0.25) is 0 Å². The lowest BCUT2D eigenvalue weighted by Crippen LogP contribution is -2.31. The van der Waals surface area contributed by atoms with Crippen LogP contribution in [0.5, 0.6) is 0 Å². The molecule has 6 heteroatoms. The Balaban J connectivity index is 2.19. The van der Waals surface area contributed by atoms with E-state index in [1.165, 1.54) is 4.90 Å². The lowest BCUT2D eigenvalue weighted by molar-refractivity contribution is -0.119. The summed E-state index contributed by atoms with van der Waals surface area (Å²) in [6, 6.07) is 9.49. The fourth-order valence-electron chi connectivity index (χ4n) is 2.92. The first-order valence-corrected chi connectivity index (χ1v) is 8.26. The third-order valence-electron chi connectivity index (χ3n) is 4.11. The van der Waals surface area contributed by atoms with Crippen LogP contribution in [0.3, 0.4) is 0 Å². The number of nitrogens with zero attached hydrogens (tertiary/aromatic N) is 2. The average molecular weight is 357 g/mol. The fraction of sp³-hybridized carbons (Fsp3) is 0.211. The number of hydrogen-bond donors (Lipinski definition) is 1. The Morgan fingerprint density at radius 3 is 2.52 bits per heavy atom. The van der Waals surface area contributed by atoms with Gasteiger partial charge in [-0.05, 0) is 35.9 Å². The van der Waals surface area contributed by atoms with Crippen LogP contribution in [0, 0.1) is 5.92 Å². The first kappa shape index (κ1) is 17.2. The zero-order valence-corrected chi connectivity index (χ0v) is 14.6. The molecule has 1 unspecified atom stereocenters. The van der Waals surface area contributed by atoms with Crippen LogP contribution in [0.25, 0.3) is 0 Å². The number of ketones is 1. The van der Waals surface area contributed by atoms with E-state index >= 15 is 0 Å². The molecule has 128 valence electrons. The summed E-state index contributed by atoms with van der Waals surface area (Å²) in [6.07, 6.45) is 3.17. The first-order chi connectivity index (χ1) is 11.9. The molecule has 0 radical (unpaired) electrons. The summed E-state index contributed by atoms with van der Waals surface area (Å²) in [6.45, 7) is 3.47. The predicted octanol–water partition coefficient (Wildman–Crippen LogP) is 3.86. The summed E-state index contributed by atoms with van der Waals surface area (Å²) in [7, 11) is 0. The molecule has 1 atom stereocenters. The number of rotatable bonds is 4. The van der Waals surface area contributed by atoms with Crippen LogP contribution in [0.1, 0.15) is 25.5 Å². The third kappa shape index (κ3) is 3.03. The molecule has 1 aromatic heterocycles. The standard InChI is InChI=1S/C19H17ClN2O3/c1-11(2)17(23)15-16(12-6-8-21-9-7-12)22(19(25)18(15)24)14-5-3-4-13(20)10-14/h3-11,16,24H,1-2H3. The van der Waals surface area contributed by atoms with E-state index in [4.69, 9.17) is 11.6 Å². The summed E-state index contributed by atoms with van der Waals surface area (Å²) in [5, 5.41) is 10.9. The number of hydrogen-bond acceptors (Lipinski definition) is 4. The van der Waals surface area contributed by atoms with Gasteiger partial charge in [0.05, 0.1) is 11.6 Å². The molecular formula is C19H17ClN2O3. The van der Waals surface area contributed by atoms with Crippen molar-refractivity contribution < 1.29 is 14.7 Å². The van der Waals surface area contributed by atoms with Gasteiger partial charge in [0.25, 0.3) is 5.91 Å². The van der Waals surface area contributed by atoms with Crippen molar-refractivity contribution in [1.82, 2.24) is 4.98 Å². The number of aliphatic hydroxyl groups is 1. The molecule has 0 aliphatic carbocycles. The third-order valence-corrected chi connectivity index (χ3v) is 4.34. The molecule has 0 saturated carbocycles. The molecule has 25 heavy (non-hydrogen) atoms. The van der Waals surface area contributed by atoms with Crippen molar-refractivity contribution in [1.29, 1.82) is 0 Å². The minimum Gasteiger partial charge on any atom is -0.503 e. The quantitative estimate of drug-likeness (QED) is 0.903. The molecule has 5 nitrogen and oxygen atoms in total. The highest BCUT2D eigenvalue weighted by Gasteiger charge is 2.44. The summed E-state index contributed by atoms with van der Waals surface area (Å²) in [5.74, 6) is -1.75. The fourth-order valence-corrected chi connectivity index (χ4v) is 3.11. The van der Waals surface area contributed by atoms with E-state index in [2.05, 4.69) is 4.98 Å². The Bertz CT molecular complexity index is 862. The summed E-state index contributed by atoms with van der Waals surface area (Å²) in [5.41, 5.74) is 1.31. The SMILES string of the molecule is CC(C)C(=O)C1=C(O)C(=O)N(c2cccc(Cl)c2)C1c1ccncc1. The molecule has 1 N–H and O–H groups in total. The lowest BCUT2D eigenvalue weighted by Gasteiger charge is -2.27. The summed E-state index contributed by atoms with van der Waals surface area (Å²) in [4.78, 5) is 30.8. The van der Waals surface area contributed by atoms with Crippen LogP contribution in [0.4, 0.5) is 5.69 Å². The van der Waals surface area contributed by atoms with Crippen LogP contribution in [0.15, 0.2) is 60.1 Å². The van der Waals surface area contributed by atoms with Gasteiger partial charge in [-0.25, -0.2) is 0 Å². The maximum atomic E-state index is 12.7. The largest absolute Gasteiger partial charge is 0.503 e. The van der Waals surface area contributed by atoms with Crippen molar-refractivity contribution in [3.8, 4) is 0 Å². The van der Waals surface area contributed by atoms with Crippen molar-refractivity contribution >= 4 is 29.0 Å². The normalized spacial score (nSPS) is 17.5. The minimum absolute atomic E-state index is 0.103. The van der Waals surface area contributed by atoms with Gasteiger partial charge in [-0.3, -0.25) is 19.5 Å². The smallest absolute Gasteiger partial charge is 0.294 e. The number of pyridine rings is 1. The second-order valence-corrected chi connectivity index (χ2v) is 6.56. The van der Waals surface area contributed by atoms with Crippen LogP contribution >= 0.6 is 11.6 Å². The van der Waals surface area contributed by atoms with Gasteiger partial charge in [-0.2, -0.15) is 0 Å². The van der Waals surface area contributed by atoms with Crippen LogP contribution < -0.4 is 4.90 Å². The van der Waals surface area contributed by atoms with Gasteiger partial charge in [-0.15, -0.1) is 0 Å². The first-order valence-electron chi connectivity index (χ1n) is 7.88. The van der Waals surface area contributed by atoms with Crippen molar-refractivity contribution in [3.05, 3.63) is 70.7 Å². The highest BCUT2D eigenvalue weighted by Crippen LogP contribution is 2.42. The molecule has 0 saturated heterocycles. The number of aliphatic hydroxyl groups excluding tert-OH is 1. The number of carbonyl (C=O) groups excluding carboxylic acids is 2. The van der Waals surface area contributed by atoms with Gasteiger partial charge in [0.1, 0.15) is 0 Å². The van der Waals surface area contributed by atoms with Gasteiger partial charge in [0.15, 0.2) is 11.5 Å². The second-order valence-electron chi connectivity index (χ2n) is 6.12. The molecular weight excluding hydrogens is 340 g/mol. The number of benzene rings is 1. The summed E-state index contributed by atoms with van der Waals surface area (Å²) < 4.78 is 0. The van der Waals surface area contributed by atoms with E-state index in [1.807, 2.05) is 0 Å². The van der Waals surface area contributed by atoms with Crippen LogP contribution in [0.2, 0.25) is 5.02 Å². The molecule has 3 rings (SSSR count). The second kappa shape index (κ2) is 6.69. The number of aromatic nitrogens is 1. The molecule has 2 heterocycles. The van der Waals surface area contributed by atoms with Crippen LogP contribution in [-0.4, -0.2) is 21.8 Å². The monoisotopic (exact) mass is 356 g/mol. The molecule has 2 aromatic rings.